The highest BCUT2D eigenvalue weighted by Crippen LogP contribution is 2.23. The zero-order chi connectivity index (χ0) is 13.1. The first kappa shape index (κ1) is 13.9. The van der Waals surface area contributed by atoms with E-state index in [2.05, 4.69) is 37.8 Å². The Morgan fingerprint density at radius 2 is 1.67 bits per heavy atom. The molecule has 0 atom stereocenters. The standard InChI is InChI=1S/C16H24ClN/c1-12-8-13(2)16(14(3)9-12)11-18-6-4-15(10-17)5-7-18/h8-9,15H,4-7,10-11H2,1-3H3. The summed E-state index contributed by atoms with van der Waals surface area (Å²) < 4.78 is 0. The van der Waals surface area contributed by atoms with Gasteiger partial charge in [-0.15, -0.1) is 11.6 Å². The number of piperidine rings is 1. The molecule has 0 amide bonds. The lowest BCUT2D eigenvalue weighted by atomic mass is 9.96. The van der Waals surface area contributed by atoms with Crippen LogP contribution in [0.5, 0.6) is 0 Å². The van der Waals surface area contributed by atoms with Gasteiger partial charge in [0.05, 0.1) is 0 Å². The normalized spacial score (nSPS) is 18.2. The van der Waals surface area contributed by atoms with E-state index in [1.165, 1.54) is 48.2 Å². The Morgan fingerprint density at radius 3 is 2.17 bits per heavy atom. The third-order valence-corrected chi connectivity index (χ3v) is 4.58. The van der Waals surface area contributed by atoms with E-state index in [9.17, 15) is 0 Å². The van der Waals surface area contributed by atoms with Crippen LogP contribution in [0.15, 0.2) is 12.1 Å². The molecule has 0 unspecified atom stereocenters. The molecular weight excluding hydrogens is 242 g/mol. The number of nitrogens with zero attached hydrogens (tertiary/aromatic N) is 1. The van der Waals surface area contributed by atoms with Gasteiger partial charge in [0.2, 0.25) is 0 Å². The fourth-order valence-electron chi connectivity index (χ4n) is 2.98. The van der Waals surface area contributed by atoms with Crippen LogP contribution in [-0.4, -0.2) is 23.9 Å². The van der Waals surface area contributed by atoms with Crippen molar-refractivity contribution in [2.45, 2.75) is 40.2 Å². The highest BCUT2D eigenvalue weighted by atomic mass is 35.5. The summed E-state index contributed by atoms with van der Waals surface area (Å²) in [6, 6.07) is 4.60. The number of likely N-dealkylation sites (tertiary alicyclic amines) is 1. The molecule has 100 valence electrons. The SMILES string of the molecule is Cc1cc(C)c(CN2CCC(CCl)CC2)c(C)c1. The minimum Gasteiger partial charge on any atom is -0.299 e. The molecule has 0 spiro atoms. The molecule has 2 heteroatoms. The second-order valence-corrected chi connectivity index (χ2v) is 6.06. The molecule has 1 aromatic carbocycles. The predicted molar refractivity (Wildman–Crippen MR) is 79.4 cm³/mol. The summed E-state index contributed by atoms with van der Waals surface area (Å²) in [5.41, 5.74) is 5.76. The second-order valence-electron chi connectivity index (χ2n) is 5.75. The van der Waals surface area contributed by atoms with Gasteiger partial charge in [0, 0.05) is 12.4 Å². The average Bonchev–Trinajstić information content (AvgIpc) is 2.34. The summed E-state index contributed by atoms with van der Waals surface area (Å²) >= 11 is 5.94. The van der Waals surface area contributed by atoms with Crippen LogP contribution in [0, 0.1) is 26.7 Å². The molecule has 1 nitrogen and oxygen atoms in total. The maximum Gasteiger partial charge on any atom is 0.0252 e. The molecule has 0 bridgehead atoms. The monoisotopic (exact) mass is 265 g/mol. The lowest BCUT2D eigenvalue weighted by molar-refractivity contribution is 0.186. The van der Waals surface area contributed by atoms with Crippen molar-refractivity contribution in [3.8, 4) is 0 Å². The van der Waals surface area contributed by atoms with Crippen LogP contribution in [0.1, 0.15) is 35.1 Å². The highest BCUT2D eigenvalue weighted by Gasteiger charge is 2.19. The van der Waals surface area contributed by atoms with Gasteiger partial charge in [-0.25, -0.2) is 0 Å². The van der Waals surface area contributed by atoms with Crippen LogP contribution < -0.4 is 0 Å². The summed E-state index contributed by atoms with van der Waals surface area (Å²) in [6.07, 6.45) is 2.51. The van der Waals surface area contributed by atoms with Crippen molar-refractivity contribution in [3.05, 3.63) is 34.4 Å². The molecule has 0 N–H and O–H groups in total. The molecule has 1 aliphatic heterocycles. The predicted octanol–water partition coefficient (Wildman–Crippen LogP) is 4.06. The first-order valence-electron chi connectivity index (χ1n) is 6.95. The number of alkyl halides is 1. The number of benzene rings is 1. The zero-order valence-corrected chi connectivity index (χ0v) is 12.6. The van der Waals surface area contributed by atoms with Gasteiger partial charge in [-0.05, 0) is 69.3 Å². The van der Waals surface area contributed by atoms with Crippen molar-refractivity contribution >= 4 is 11.6 Å². The van der Waals surface area contributed by atoms with Crippen molar-refractivity contribution < 1.29 is 0 Å². The molecule has 18 heavy (non-hydrogen) atoms. The van der Waals surface area contributed by atoms with Crippen molar-refractivity contribution in [2.75, 3.05) is 19.0 Å². The van der Waals surface area contributed by atoms with Crippen LogP contribution in [-0.2, 0) is 6.54 Å². The van der Waals surface area contributed by atoms with Gasteiger partial charge in [0.15, 0.2) is 0 Å². The average molecular weight is 266 g/mol. The summed E-state index contributed by atoms with van der Waals surface area (Å²) in [4.78, 5) is 2.58. The number of hydrogen-bond donors (Lipinski definition) is 0. The molecule has 1 aliphatic rings. The molecular formula is C16H24ClN. The van der Waals surface area contributed by atoms with E-state index < -0.39 is 0 Å². The molecule has 0 aromatic heterocycles. The van der Waals surface area contributed by atoms with Crippen LogP contribution in [0.4, 0.5) is 0 Å². The zero-order valence-electron chi connectivity index (χ0n) is 11.8. The lowest BCUT2D eigenvalue weighted by Crippen LogP contribution is -2.34. The van der Waals surface area contributed by atoms with Crippen LogP contribution in [0.3, 0.4) is 0 Å². The molecule has 1 aromatic rings. The van der Waals surface area contributed by atoms with Gasteiger partial charge >= 0.3 is 0 Å². The van der Waals surface area contributed by atoms with Crippen molar-refractivity contribution in [1.82, 2.24) is 4.90 Å². The van der Waals surface area contributed by atoms with E-state index in [0.29, 0.717) is 0 Å². The van der Waals surface area contributed by atoms with Gasteiger partial charge in [0.25, 0.3) is 0 Å². The van der Waals surface area contributed by atoms with Crippen molar-refractivity contribution in [3.63, 3.8) is 0 Å². The van der Waals surface area contributed by atoms with E-state index in [4.69, 9.17) is 11.6 Å². The minimum absolute atomic E-state index is 0.739. The van der Waals surface area contributed by atoms with Gasteiger partial charge in [-0.2, -0.15) is 0 Å². The summed E-state index contributed by atoms with van der Waals surface area (Å²) in [6.45, 7) is 10.2. The summed E-state index contributed by atoms with van der Waals surface area (Å²) in [7, 11) is 0. The molecule has 2 rings (SSSR count). The highest BCUT2D eigenvalue weighted by molar-refractivity contribution is 6.18. The van der Waals surface area contributed by atoms with E-state index in [1.54, 1.807) is 0 Å². The molecule has 0 saturated carbocycles. The maximum absolute atomic E-state index is 5.94. The Hall–Kier alpha value is -0.530. The first-order valence-corrected chi connectivity index (χ1v) is 7.48. The van der Waals surface area contributed by atoms with E-state index >= 15 is 0 Å². The van der Waals surface area contributed by atoms with Gasteiger partial charge < -0.3 is 0 Å². The topological polar surface area (TPSA) is 3.24 Å². The number of halogens is 1. The van der Waals surface area contributed by atoms with E-state index in [1.807, 2.05) is 0 Å². The van der Waals surface area contributed by atoms with Gasteiger partial charge in [0.1, 0.15) is 0 Å². The summed E-state index contributed by atoms with van der Waals surface area (Å²) in [5, 5.41) is 0. The number of aryl methyl sites for hydroxylation is 3. The van der Waals surface area contributed by atoms with Gasteiger partial charge in [-0.3, -0.25) is 4.90 Å². The Balaban J connectivity index is 2.02. The Morgan fingerprint density at radius 1 is 1.11 bits per heavy atom. The van der Waals surface area contributed by atoms with Crippen molar-refractivity contribution in [2.24, 2.45) is 5.92 Å². The van der Waals surface area contributed by atoms with E-state index in [-0.39, 0.29) is 0 Å². The third kappa shape index (κ3) is 3.27. The molecule has 1 fully saturated rings. The number of rotatable bonds is 3. The first-order chi connectivity index (χ1) is 8.60. The molecule has 0 aliphatic carbocycles. The third-order valence-electron chi connectivity index (χ3n) is 4.15. The Kier molecular flexibility index (Phi) is 4.69. The van der Waals surface area contributed by atoms with Crippen LogP contribution in [0.25, 0.3) is 0 Å². The quantitative estimate of drug-likeness (QED) is 0.745. The molecule has 1 saturated heterocycles. The smallest absolute Gasteiger partial charge is 0.0252 e. The van der Waals surface area contributed by atoms with E-state index in [0.717, 1.165) is 18.3 Å². The largest absolute Gasteiger partial charge is 0.299 e. The molecule has 0 radical (unpaired) electrons. The van der Waals surface area contributed by atoms with Crippen LogP contribution >= 0.6 is 11.6 Å². The molecule has 1 heterocycles. The second kappa shape index (κ2) is 6.08. The number of hydrogen-bond acceptors (Lipinski definition) is 1. The maximum atomic E-state index is 5.94. The van der Waals surface area contributed by atoms with Gasteiger partial charge in [-0.1, -0.05) is 17.7 Å². The lowest BCUT2D eigenvalue weighted by Gasteiger charge is -2.31. The van der Waals surface area contributed by atoms with Crippen LogP contribution in [0.2, 0.25) is 0 Å². The fraction of sp³-hybridized carbons (Fsp3) is 0.625. The fourth-order valence-corrected chi connectivity index (χ4v) is 3.29. The minimum atomic E-state index is 0.739. The van der Waals surface area contributed by atoms with Crippen molar-refractivity contribution in [1.29, 1.82) is 0 Å². The Bertz CT molecular complexity index is 383. The summed E-state index contributed by atoms with van der Waals surface area (Å²) in [5.74, 6) is 1.57. The Labute approximate surface area is 116 Å².